The third kappa shape index (κ3) is 8.16. The van der Waals surface area contributed by atoms with Gasteiger partial charge in [-0.2, -0.15) is 8.42 Å². The van der Waals surface area contributed by atoms with Crippen LogP contribution in [0.5, 0.6) is 0 Å². The summed E-state index contributed by atoms with van der Waals surface area (Å²) >= 11 is 0. The molecule has 2 atom stereocenters. The molecule has 0 saturated heterocycles. The van der Waals surface area contributed by atoms with Crippen LogP contribution in [0, 0.1) is 5.92 Å². The zero-order valence-corrected chi connectivity index (χ0v) is 17.9. The van der Waals surface area contributed by atoms with Gasteiger partial charge in [-0.3, -0.25) is 4.18 Å². The highest BCUT2D eigenvalue weighted by Gasteiger charge is 2.55. The molecule has 1 amide bonds. The molecule has 2 rings (SSSR count). The first kappa shape index (κ1) is 22.6. The number of alkyl carbamates (subject to hydrolysis) is 1. The average molecular weight is 414 g/mol. The molecular formula is C20H31NO6S. The Hall–Kier alpha value is -1.64. The van der Waals surface area contributed by atoms with Crippen LogP contribution in [-0.4, -0.2) is 45.1 Å². The average Bonchev–Trinajstić information content (AvgIpc) is 3.22. The first-order valence-corrected chi connectivity index (χ1v) is 11.3. The molecule has 7 nitrogen and oxygen atoms in total. The Morgan fingerprint density at radius 3 is 2.54 bits per heavy atom. The van der Waals surface area contributed by atoms with E-state index in [1.54, 1.807) is 0 Å². The minimum absolute atomic E-state index is 0.142. The zero-order valence-electron chi connectivity index (χ0n) is 17.1. The van der Waals surface area contributed by atoms with Crippen molar-refractivity contribution in [3.8, 4) is 0 Å². The predicted molar refractivity (Wildman–Crippen MR) is 106 cm³/mol. The summed E-state index contributed by atoms with van der Waals surface area (Å²) in [4.78, 5) is 12.3. The lowest BCUT2D eigenvalue weighted by Crippen LogP contribution is -2.44. The maximum absolute atomic E-state index is 12.3. The SMILES string of the molecule is CC(C)(C)OC(=O)N[C@]1(COCc2ccccc2)C[C@@H]1CCCOS(C)(=O)=O. The molecule has 1 aliphatic carbocycles. The Morgan fingerprint density at radius 2 is 1.93 bits per heavy atom. The van der Waals surface area contributed by atoms with Crippen LogP contribution < -0.4 is 5.32 Å². The van der Waals surface area contributed by atoms with Crippen LogP contribution >= 0.6 is 0 Å². The summed E-state index contributed by atoms with van der Waals surface area (Å²) in [5.41, 5.74) is 0.000175. The van der Waals surface area contributed by atoms with Crippen molar-refractivity contribution in [2.24, 2.45) is 5.92 Å². The van der Waals surface area contributed by atoms with Crippen molar-refractivity contribution in [3.63, 3.8) is 0 Å². The van der Waals surface area contributed by atoms with Gasteiger partial charge in [-0.05, 0) is 51.5 Å². The van der Waals surface area contributed by atoms with E-state index in [0.29, 0.717) is 19.6 Å². The molecule has 0 spiro atoms. The number of amides is 1. The number of ether oxygens (including phenoxy) is 2. The zero-order chi connectivity index (χ0) is 20.8. The number of carbonyl (C=O) groups is 1. The second kappa shape index (κ2) is 9.24. The van der Waals surface area contributed by atoms with Gasteiger partial charge in [-0.25, -0.2) is 4.79 Å². The Labute approximate surface area is 167 Å². The lowest BCUT2D eigenvalue weighted by molar-refractivity contribution is 0.0385. The van der Waals surface area contributed by atoms with E-state index in [2.05, 4.69) is 5.32 Å². The van der Waals surface area contributed by atoms with Crippen LogP contribution in [0.3, 0.4) is 0 Å². The number of nitrogens with one attached hydrogen (secondary N) is 1. The second-order valence-electron chi connectivity index (χ2n) is 8.33. The summed E-state index contributed by atoms with van der Waals surface area (Å²) in [6, 6.07) is 9.83. The molecule has 0 heterocycles. The Balaban J connectivity index is 1.88. The molecule has 0 bridgehead atoms. The maximum Gasteiger partial charge on any atom is 0.408 e. The van der Waals surface area contributed by atoms with Crippen LogP contribution in [0.15, 0.2) is 30.3 Å². The van der Waals surface area contributed by atoms with E-state index in [0.717, 1.165) is 24.7 Å². The number of hydrogen-bond donors (Lipinski definition) is 1. The first-order chi connectivity index (χ1) is 13.0. The lowest BCUT2D eigenvalue weighted by Gasteiger charge is -2.24. The summed E-state index contributed by atoms with van der Waals surface area (Å²) < 4.78 is 38.2. The minimum Gasteiger partial charge on any atom is -0.444 e. The van der Waals surface area contributed by atoms with Crippen LogP contribution in [0.25, 0.3) is 0 Å². The quantitative estimate of drug-likeness (QED) is 0.468. The summed E-state index contributed by atoms with van der Waals surface area (Å²) in [7, 11) is -3.43. The van der Waals surface area contributed by atoms with Crippen molar-refractivity contribution in [1.29, 1.82) is 0 Å². The van der Waals surface area contributed by atoms with E-state index in [9.17, 15) is 13.2 Å². The van der Waals surface area contributed by atoms with Gasteiger partial charge in [-0.1, -0.05) is 30.3 Å². The Bertz CT molecular complexity index is 744. The van der Waals surface area contributed by atoms with Crippen LogP contribution in [0.1, 0.15) is 45.6 Å². The smallest absolute Gasteiger partial charge is 0.408 e. The van der Waals surface area contributed by atoms with E-state index in [1.165, 1.54) is 0 Å². The number of hydrogen-bond acceptors (Lipinski definition) is 6. The first-order valence-electron chi connectivity index (χ1n) is 9.46. The fraction of sp³-hybridized carbons (Fsp3) is 0.650. The molecule has 1 aromatic rings. The molecular weight excluding hydrogens is 382 g/mol. The molecule has 0 unspecified atom stereocenters. The van der Waals surface area contributed by atoms with E-state index in [-0.39, 0.29) is 12.5 Å². The maximum atomic E-state index is 12.3. The van der Waals surface area contributed by atoms with Gasteiger partial charge >= 0.3 is 6.09 Å². The van der Waals surface area contributed by atoms with Crippen molar-refractivity contribution in [2.45, 2.75) is 57.8 Å². The second-order valence-corrected chi connectivity index (χ2v) is 9.97. The fourth-order valence-electron chi connectivity index (χ4n) is 3.10. The topological polar surface area (TPSA) is 90.9 Å². The van der Waals surface area contributed by atoms with Crippen LogP contribution in [0.2, 0.25) is 0 Å². The standard InChI is InChI=1S/C20H31NO6S/c1-19(2,3)27-18(22)21-20(15-25-14-16-9-6-5-7-10-16)13-17(20)11-8-12-26-28(4,23)24/h5-7,9-10,17H,8,11-15H2,1-4H3,(H,21,22)/t17-,20-/m0/s1. The Kier molecular flexibility index (Phi) is 7.47. The Morgan fingerprint density at radius 1 is 1.25 bits per heavy atom. The van der Waals surface area contributed by atoms with Crippen molar-refractivity contribution in [3.05, 3.63) is 35.9 Å². The predicted octanol–water partition coefficient (Wildman–Crippen LogP) is 3.24. The van der Waals surface area contributed by atoms with Gasteiger partial charge in [-0.15, -0.1) is 0 Å². The van der Waals surface area contributed by atoms with E-state index in [1.807, 2.05) is 51.1 Å². The van der Waals surface area contributed by atoms with Crippen molar-refractivity contribution < 1.29 is 26.9 Å². The molecule has 0 radical (unpaired) electrons. The molecule has 1 saturated carbocycles. The van der Waals surface area contributed by atoms with Crippen molar-refractivity contribution >= 4 is 16.2 Å². The van der Waals surface area contributed by atoms with E-state index in [4.69, 9.17) is 13.7 Å². The molecule has 158 valence electrons. The van der Waals surface area contributed by atoms with Crippen molar-refractivity contribution in [2.75, 3.05) is 19.5 Å². The summed E-state index contributed by atoms with van der Waals surface area (Å²) in [5, 5.41) is 2.97. The molecule has 28 heavy (non-hydrogen) atoms. The van der Waals surface area contributed by atoms with Gasteiger partial charge in [0.25, 0.3) is 10.1 Å². The molecule has 0 aromatic heterocycles. The van der Waals surface area contributed by atoms with Crippen LogP contribution in [0.4, 0.5) is 4.79 Å². The molecule has 1 aliphatic rings. The van der Waals surface area contributed by atoms with Gasteiger partial charge in [0.05, 0.1) is 31.6 Å². The minimum atomic E-state index is -3.43. The molecule has 1 N–H and O–H groups in total. The van der Waals surface area contributed by atoms with Gasteiger partial charge in [0.2, 0.25) is 0 Å². The number of carbonyl (C=O) groups excluding carboxylic acids is 1. The van der Waals surface area contributed by atoms with Crippen LogP contribution in [-0.2, 0) is 30.4 Å². The lowest BCUT2D eigenvalue weighted by atomic mass is 10.1. The molecule has 0 aliphatic heterocycles. The van der Waals surface area contributed by atoms with Gasteiger partial charge < -0.3 is 14.8 Å². The highest BCUT2D eigenvalue weighted by molar-refractivity contribution is 7.85. The highest BCUT2D eigenvalue weighted by atomic mass is 32.2. The van der Waals surface area contributed by atoms with E-state index >= 15 is 0 Å². The van der Waals surface area contributed by atoms with Gasteiger partial charge in [0.1, 0.15) is 5.60 Å². The summed E-state index contributed by atoms with van der Waals surface area (Å²) in [6.07, 6.45) is 2.66. The normalized spacial score (nSPS) is 21.9. The summed E-state index contributed by atoms with van der Waals surface area (Å²) in [6.45, 7) is 6.43. The molecule has 1 fully saturated rings. The van der Waals surface area contributed by atoms with Crippen molar-refractivity contribution in [1.82, 2.24) is 5.32 Å². The fourth-order valence-corrected chi connectivity index (χ4v) is 3.52. The molecule has 1 aromatic carbocycles. The van der Waals surface area contributed by atoms with Gasteiger partial charge in [0, 0.05) is 0 Å². The molecule has 8 heteroatoms. The third-order valence-corrected chi connectivity index (χ3v) is 5.04. The number of rotatable bonds is 10. The van der Waals surface area contributed by atoms with E-state index < -0.39 is 27.4 Å². The summed E-state index contributed by atoms with van der Waals surface area (Å²) in [5.74, 6) is 0.193. The van der Waals surface area contributed by atoms with Gasteiger partial charge in [0.15, 0.2) is 0 Å². The third-order valence-electron chi connectivity index (χ3n) is 4.45. The number of benzene rings is 1. The monoisotopic (exact) mass is 413 g/mol. The highest BCUT2D eigenvalue weighted by Crippen LogP contribution is 2.47. The largest absolute Gasteiger partial charge is 0.444 e.